The van der Waals surface area contributed by atoms with Crippen LogP contribution in [0.3, 0.4) is 0 Å². The second kappa shape index (κ2) is 7.24. The predicted molar refractivity (Wildman–Crippen MR) is 65.1 cm³/mol. The zero-order valence-corrected chi connectivity index (χ0v) is 10.6. The van der Waals surface area contributed by atoms with Gasteiger partial charge in [0.15, 0.2) is 0 Å². The van der Waals surface area contributed by atoms with Crippen molar-refractivity contribution in [2.24, 2.45) is 11.8 Å². The standard InChI is InChI=1S/C13H27NO/c1-11(2)13(10-15-3)14-9-12-7-5-4-6-8-12/h11-14H,4-10H2,1-3H3. The number of rotatable bonds is 6. The first-order valence-electron chi connectivity index (χ1n) is 6.46. The Balaban J connectivity index is 2.19. The third-order valence-corrected chi connectivity index (χ3v) is 3.54. The summed E-state index contributed by atoms with van der Waals surface area (Å²) in [6.45, 7) is 6.55. The molecule has 2 nitrogen and oxygen atoms in total. The lowest BCUT2D eigenvalue weighted by atomic mass is 9.89. The molecule has 1 aliphatic rings. The Labute approximate surface area is 94.8 Å². The number of hydrogen-bond acceptors (Lipinski definition) is 2. The molecule has 1 saturated carbocycles. The van der Waals surface area contributed by atoms with E-state index in [0.717, 1.165) is 12.5 Å². The fourth-order valence-corrected chi connectivity index (χ4v) is 2.38. The molecule has 90 valence electrons. The molecule has 1 atom stereocenters. The number of methoxy groups -OCH3 is 1. The Morgan fingerprint density at radius 1 is 1.20 bits per heavy atom. The third kappa shape index (κ3) is 4.98. The normalized spacial score (nSPS) is 20.8. The molecule has 1 N–H and O–H groups in total. The second-order valence-electron chi connectivity index (χ2n) is 5.22. The lowest BCUT2D eigenvalue weighted by molar-refractivity contribution is 0.142. The first kappa shape index (κ1) is 13.0. The highest BCUT2D eigenvalue weighted by atomic mass is 16.5. The Morgan fingerprint density at radius 3 is 2.40 bits per heavy atom. The van der Waals surface area contributed by atoms with Crippen LogP contribution in [-0.4, -0.2) is 26.3 Å². The average molecular weight is 213 g/mol. The van der Waals surface area contributed by atoms with E-state index < -0.39 is 0 Å². The summed E-state index contributed by atoms with van der Waals surface area (Å²) in [4.78, 5) is 0. The van der Waals surface area contributed by atoms with E-state index in [1.807, 2.05) is 0 Å². The predicted octanol–water partition coefficient (Wildman–Crippen LogP) is 2.83. The largest absolute Gasteiger partial charge is 0.383 e. The average Bonchev–Trinajstić information content (AvgIpc) is 2.25. The molecule has 0 aliphatic heterocycles. The van der Waals surface area contributed by atoms with Crippen molar-refractivity contribution in [3.8, 4) is 0 Å². The van der Waals surface area contributed by atoms with Gasteiger partial charge in [0.1, 0.15) is 0 Å². The van der Waals surface area contributed by atoms with Gasteiger partial charge in [0.2, 0.25) is 0 Å². The van der Waals surface area contributed by atoms with E-state index in [0.29, 0.717) is 12.0 Å². The molecular formula is C13H27NO. The van der Waals surface area contributed by atoms with E-state index >= 15 is 0 Å². The Hall–Kier alpha value is -0.0800. The van der Waals surface area contributed by atoms with Crippen molar-refractivity contribution < 1.29 is 4.74 Å². The molecule has 0 aromatic carbocycles. The van der Waals surface area contributed by atoms with Crippen LogP contribution in [-0.2, 0) is 4.74 Å². The maximum atomic E-state index is 5.24. The third-order valence-electron chi connectivity index (χ3n) is 3.54. The van der Waals surface area contributed by atoms with Gasteiger partial charge >= 0.3 is 0 Å². The van der Waals surface area contributed by atoms with Gasteiger partial charge in [0.25, 0.3) is 0 Å². The van der Waals surface area contributed by atoms with Gasteiger partial charge in [-0.25, -0.2) is 0 Å². The van der Waals surface area contributed by atoms with Crippen LogP contribution >= 0.6 is 0 Å². The van der Waals surface area contributed by atoms with Gasteiger partial charge in [-0.3, -0.25) is 0 Å². The first-order valence-corrected chi connectivity index (χ1v) is 6.46. The van der Waals surface area contributed by atoms with Gasteiger partial charge in [0, 0.05) is 13.2 Å². The van der Waals surface area contributed by atoms with Crippen molar-refractivity contribution >= 4 is 0 Å². The van der Waals surface area contributed by atoms with Gasteiger partial charge in [0.05, 0.1) is 6.61 Å². The molecule has 15 heavy (non-hydrogen) atoms. The van der Waals surface area contributed by atoms with Gasteiger partial charge in [-0.1, -0.05) is 33.1 Å². The summed E-state index contributed by atoms with van der Waals surface area (Å²) in [6.07, 6.45) is 7.16. The zero-order valence-electron chi connectivity index (χ0n) is 10.6. The molecule has 1 fully saturated rings. The van der Waals surface area contributed by atoms with Crippen LogP contribution in [0.15, 0.2) is 0 Å². The summed E-state index contributed by atoms with van der Waals surface area (Å²) in [5, 5.41) is 3.66. The fourth-order valence-electron chi connectivity index (χ4n) is 2.38. The maximum Gasteiger partial charge on any atom is 0.0618 e. The minimum Gasteiger partial charge on any atom is -0.383 e. The Morgan fingerprint density at radius 2 is 1.87 bits per heavy atom. The van der Waals surface area contributed by atoms with E-state index in [2.05, 4.69) is 19.2 Å². The molecule has 0 heterocycles. The minimum absolute atomic E-state index is 0.525. The molecule has 0 saturated heterocycles. The highest BCUT2D eigenvalue weighted by Gasteiger charge is 2.17. The van der Waals surface area contributed by atoms with E-state index in [1.165, 1.54) is 38.6 Å². The first-order chi connectivity index (χ1) is 7.24. The lowest BCUT2D eigenvalue weighted by Crippen LogP contribution is -2.40. The minimum atomic E-state index is 0.525. The van der Waals surface area contributed by atoms with Crippen LogP contribution in [0.2, 0.25) is 0 Å². The van der Waals surface area contributed by atoms with Gasteiger partial charge in [-0.15, -0.1) is 0 Å². The van der Waals surface area contributed by atoms with Crippen molar-refractivity contribution in [2.75, 3.05) is 20.3 Å². The molecule has 2 heteroatoms. The second-order valence-corrected chi connectivity index (χ2v) is 5.22. The monoisotopic (exact) mass is 213 g/mol. The molecule has 1 unspecified atom stereocenters. The van der Waals surface area contributed by atoms with Crippen molar-refractivity contribution in [2.45, 2.75) is 52.0 Å². The van der Waals surface area contributed by atoms with Crippen LogP contribution in [0.4, 0.5) is 0 Å². The summed E-state index contributed by atoms with van der Waals surface area (Å²) in [6, 6.07) is 0.525. The van der Waals surface area contributed by atoms with Crippen LogP contribution in [0.5, 0.6) is 0 Å². The molecule has 0 aromatic heterocycles. The van der Waals surface area contributed by atoms with Gasteiger partial charge in [-0.2, -0.15) is 0 Å². The smallest absolute Gasteiger partial charge is 0.0618 e. The van der Waals surface area contributed by atoms with E-state index in [-0.39, 0.29) is 0 Å². The summed E-state index contributed by atoms with van der Waals surface area (Å²) in [5.74, 6) is 1.57. The summed E-state index contributed by atoms with van der Waals surface area (Å²) in [5.41, 5.74) is 0. The summed E-state index contributed by atoms with van der Waals surface area (Å²) in [7, 11) is 1.79. The zero-order chi connectivity index (χ0) is 11.1. The van der Waals surface area contributed by atoms with Gasteiger partial charge in [-0.05, 0) is 31.2 Å². The molecule has 1 aliphatic carbocycles. The number of nitrogens with one attached hydrogen (secondary N) is 1. The van der Waals surface area contributed by atoms with E-state index in [1.54, 1.807) is 7.11 Å². The molecule has 1 rings (SSSR count). The summed E-state index contributed by atoms with van der Waals surface area (Å²) >= 11 is 0. The van der Waals surface area contributed by atoms with Crippen molar-refractivity contribution in [3.05, 3.63) is 0 Å². The fraction of sp³-hybridized carbons (Fsp3) is 1.00. The lowest BCUT2D eigenvalue weighted by Gasteiger charge is -2.27. The van der Waals surface area contributed by atoms with E-state index in [4.69, 9.17) is 4.74 Å². The van der Waals surface area contributed by atoms with Crippen LogP contribution in [0, 0.1) is 11.8 Å². The number of hydrogen-bond donors (Lipinski definition) is 1. The number of ether oxygens (including phenoxy) is 1. The van der Waals surface area contributed by atoms with Crippen LogP contribution in [0.25, 0.3) is 0 Å². The molecule has 0 radical (unpaired) electrons. The Kier molecular flexibility index (Phi) is 6.26. The van der Waals surface area contributed by atoms with Crippen molar-refractivity contribution in [1.82, 2.24) is 5.32 Å². The maximum absolute atomic E-state index is 5.24. The highest BCUT2D eigenvalue weighted by molar-refractivity contribution is 4.74. The SMILES string of the molecule is COCC(NCC1CCCCC1)C(C)C. The molecule has 0 amide bonds. The topological polar surface area (TPSA) is 21.3 Å². The van der Waals surface area contributed by atoms with Gasteiger partial charge < -0.3 is 10.1 Å². The van der Waals surface area contributed by atoms with Crippen LogP contribution in [0.1, 0.15) is 46.0 Å². The van der Waals surface area contributed by atoms with E-state index in [9.17, 15) is 0 Å². The highest BCUT2D eigenvalue weighted by Crippen LogP contribution is 2.23. The Bertz CT molecular complexity index is 153. The van der Waals surface area contributed by atoms with Crippen molar-refractivity contribution in [3.63, 3.8) is 0 Å². The molecule has 0 bridgehead atoms. The van der Waals surface area contributed by atoms with Crippen molar-refractivity contribution in [1.29, 1.82) is 0 Å². The molecular weight excluding hydrogens is 186 g/mol. The summed E-state index contributed by atoms with van der Waals surface area (Å²) < 4.78 is 5.24. The molecule has 0 aromatic rings. The quantitative estimate of drug-likeness (QED) is 0.732. The molecule has 0 spiro atoms. The van der Waals surface area contributed by atoms with Crippen LogP contribution < -0.4 is 5.32 Å².